The highest BCUT2D eigenvalue weighted by Crippen LogP contribution is 2.36. The molecule has 0 aliphatic carbocycles. The number of fused-ring (bicyclic) bond motifs is 1. The van der Waals surface area contributed by atoms with E-state index in [1.807, 2.05) is 6.07 Å². The average Bonchev–Trinajstić information content (AvgIpc) is 2.78. The molecule has 0 aromatic heterocycles. The van der Waals surface area contributed by atoms with Crippen molar-refractivity contribution in [3.8, 4) is 0 Å². The Morgan fingerprint density at radius 2 is 1.42 bits per heavy atom. The molecule has 0 amide bonds. The van der Waals surface area contributed by atoms with Gasteiger partial charge in [-0.1, -0.05) is 66.7 Å². The smallest absolute Gasteiger partial charge is 0.295 e. The largest absolute Gasteiger partial charge is 0.396 e. The van der Waals surface area contributed by atoms with Crippen LogP contribution in [0.5, 0.6) is 0 Å². The summed E-state index contributed by atoms with van der Waals surface area (Å²) >= 11 is 0. The Morgan fingerprint density at radius 1 is 0.774 bits per heavy atom. The topological polar surface area (TPSA) is 122 Å². The maximum absolute atomic E-state index is 12.6. The molecule has 0 heterocycles. The number of hydrogen-bond donors (Lipinski definition) is 2. The molecule has 0 spiro atoms. The number of rotatable bonds is 5. The molecule has 0 fully saturated rings. The molecule has 31 heavy (non-hydrogen) atoms. The predicted octanol–water partition coefficient (Wildman–Crippen LogP) is 5.32. The highest BCUT2D eigenvalue weighted by atomic mass is 32.2. The van der Waals surface area contributed by atoms with E-state index < -0.39 is 10.1 Å². The van der Waals surface area contributed by atoms with Crippen molar-refractivity contribution in [3.63, 3.8) is 0 Å². The Morgan fingerprint density at radius 3 is 2.13 bits per heavy atom. The van der Waals surface area contributed by atoms with Crippen LogP contribution in [0.25, 0.3) is 10.8 Å². The van der Waals surface area contributed by atoms with Crippen LogP contribution in [0.4, 0.5) is 17.1 Å². The van der Waals surface area contributed by atoms with Crippen LogP contribution >= 0.6 is 0 Å². The fourth-order valence-corrected chi connectivity index (χ4v) is 3.94. The van der Waals surface area contributed by atoms with Gasteiger partial charge in [-0.15, -0.1) is 5.11 Å². The third kappa shape index (κ3) is 4.20. The second-order valence-electron chi connectivity index (χ2n) is 6.77. The van der Waals surface area contributed by atoms with Gasteiger partial charge in [0.1, 0.15) is 10.6 Å². The molecule has 7 nitrogen and oxygen atoms in total. The van der Waals surface area contributed by atoms with Gasteiger partial charge in [0.25, 0.3) is 10.1 Å². The summed E-state index contributed by atoms with van der Waals surface area (Å²) in [7, 11) is -4.50. The molecule has 0 bridgehead atoms. The third-order valence-corrected chi connectivity index (χ3v) is 5.62. The zero-order valence-corrected chi connectivity index (χ0v) is 17.0. The van der Waals surface area contributed by atoms with Crippen LogP contribution in [-0.2, 0) is 10.1 Å². The number of azo groups is 1. The van der Waals surface area contributed by atoms with E-state index in [4.69, 9.17) is 5.73 Å². The molecule has 154 valence electrons. The Kier molecular flexibility index (Phi) is 5.33. The highest BCUT2D eigenvalue weighted by molar-refractivity contribution is 7.86. The number of benzene rings is 4. The molecule has 3 N–H and O–H groups in total. The van der Waals surface area contributed by atoms with Gasteiger partial charge in [0.05, 0.1) is 11.4 Å². The van der Waals surface area contributed by atoms with Crippen molar-refractivity contribution < 1.29 is 17.8 Å². The lowest BCUT2D eigenvalue weighted by atomic mass is 10.0. The van der Waals surface area contributed by atoms with Crippen molar-refractivity contribution in [2.24, 2.45) is 10.2 Å². The number of ketones is 1. The number of hydrogen-bond acceptors (Lipinski definition) is 6. The van der Waals surface area contributed by atoms with Crippen molar-refractivity contribution in [1.82, 2.24) is 0 Å². The van der Waals surface area contributed by atoms with E-state index >= 15 is 0 Å². The lowest BCUT2D eigenvalue weighted by Gasteiger charge is -2.09. The van der Waals surface area contributed by atoms with E-state index in [9.17, 15) is 17.8 Å². The summed E-state index contributed by atoms with van der Waals surface area (Å²) in [6.07, 6.45) is 0. The second-order valence-corrected chi connectivity index (χ2v) is 8.16. The minimum atomic E-state index is -4.50. The summed E-state index contributed by atoms with van der Waals surface area (Å²) in [5.41, 5.74) is 7.86. The van der Waals surface area contributed by atoms with Gasteiger partial charge in [-0.2, -0.15) is 13.5 Å². The van der Waals surface area contributed by atoms with Crippen LogP contribution < -0.4 is 5.73 Å². The van der Waals surface area contributed by atoms with Gasteiger partial charge in [0.2, 0.25) is 0 Å². The van der Waals surface area contributed by atoms with Crippen LogP contribution in [0, 0.1) is 0 Å². The minimum Gasteiger partial charge on any atom is -0.396 e. The molecule has 0 aliphatic heterocycles. The minimum absolute atomic E-state index is 0.0890. The maximum Gasteiger partial charge on any atom is 0.295 e. The zero-order chi connectivity index (χ0) is 22.0. The van der Waals surface area contributed by atoms with Crippen LogP contribution in [0.15, 0.2) is 100 Å². The average molecular weight is 431 g/mol. The van der Waals surface area contributed by atoms with Crippen LogP contribution in [0.1, 0.15) is 15.9 Å². The van der Waals surface area contributed by atoms with E-state index in [1.54, 1.807) is 72.8 Å². The first-order valence-electron chi connectivity index (χ1n) is 9.25. The Hall–Kier alpha value is -3.88. The first kappa shape index (κ1) is 20.4. The van der Waals surface area contributed by atoms with Crippen LogP contribution in [-0.4, -0.2) is 18.8 Å². The fourth-order valence-electron chi connectivity index (χ4n) is 3.22. The summed E-state index contributed by atoms with van der Waals surface area (Å²) in [4.78, 5) is 12.3. The first-order valence-corrected chi connectivity index (χ1v) is 10.7. The second kappa shape index (κ2) is 8.10. The van der Waals surface area contributed by atoms with E-state index in [0.29, 0.717) is 22.2 Å². The summed E-state index contributed by atoms with van der Waals surface area (Å²) in [6.45, 7) is 0. The van der Waals surface area contributed by atoms with Crippen LogP contribution in [0.2, 0.25) is 0 Å². The van der Waals surface area contributed by atoms with Crippen LogP contribution in [0.3, 0.4) is 0 Å². The molecule has 0 radical (unpaired) electrons. The van der Waals surface area contributed by atoms with Gasteiger partial charge in [0.15, 0.2) is 5.78 Å². The molecule has 0 saturated carbocycles. The summed E-state index contributed by atoms with van der Waals surface area (Å²) in [6, 6.07) is 23.2. The summed E-state index contributed by atoms with van der Waals surface area (Å²) < 4.78 is 33.3. The highest BCUT2D eigenvalue weighted by Gasteiger charge is 2.18. The summed E-state index contributed by atoms with van der Waals surface area (Å²) in [5, 5.41) is 8.93. The van der Waals surface area contributed by atoms with Gasteiger partial charge in [0, 0.05) is 21.9 Å². The monoisotopic (exact) mass is 431 g/mol. The quantitative estimate of drug-likeness (QED) is 0.192. The summed E-state index contributed by atoms with van der Waals surface area (Å²) in [5.74, 6) is -0.156. The maximum atomic E-state index is 12.6. The zero-order valence-electron chi connectivity index (χ0n) is 16.1. The Bertz CT molecular complexity index is 1430. The van der Waals surface area contributed by atoms with Gasteiger partial charge in [-0.25, -0.2) is 0 Å². The molecular formula is C23H17N3O4S. The van der Waals surface area contributed by atoms with Gasteiger partial charge in [-0.3, -0.25) is 9.35 Å². The van der Waals surface area contributed by atoms with E-state index in [1.165, 1.54) is 6.07 Å². The van der Waals surface area contributed by atoms with Crippen molar-refractivity contribution in [2.45, 2.75) is 4.90 Å². The van der Waals surface area contributed by atoms with E-state index in [-0.39, 0.29) is 27.4 Å². The number of carbonyl (C=O) groups excluding carboxylic acids is 1. The number of nitrogens with zero attached hydrogens (tertiary/aromatic N) is 2. The Balaban J connectivity index is 1.74. The van der Waals surface area contributed by atoms with E-state index in [0.717, 1.165) is 0 Å². The normalized spacial score (nSPS) is 11.8. The number of anilines is 1. The number of nitrogen functional groups attached to an aromatic ring is 1. The van der Waals surface area contributed by atoms with E-state index in [2.05, 4.69) is 10.2 Å². The standard InChI is InChI=1S/C23H17N3O4S/c24-22-19-12-5-4-11-18(19)21(31(28,29)30)14-20(22)26-25-17-10-6-9-16(13-17)23(27)15-7-2-1-3-8-15/h1-14H,24H2,(H,28,29,30)/b26-25+. The number of carbonyl (C=O) groups is 1. The molecule has 4 aromatic carbocycles. The van der Waals surface area contributed by atoms with Gasteiger partial charge >= 0.3 is 0 Å². The number of nitrogens with two attached hydrogens (primary N) is 1. The predicted molar refractivity (Wildman–Crippen MR) is 119 cm³/mol. The molecule has 0 aliphatic rings. The molecule has 0 atom stereocenters. The lowest BCUT2D eigenvalue weighted by molar-refractivity contribution is 0.103. The van der Waals surface area contributed by atoms with Crippen molar-refractivity contribution in [2.75, 3.05) is 5.73 Å². The van der Waals surface area contributed by atoms with Crippen molar-refractivity contribution in [1.29, 1.82) is 0 Å². The SMILES string of the molecule is Nc1c(/N=N/c2cccc(C(=O)c3ccccc3)c2)cc(S(=O)(=O)O)c2ccccc12. The lowest BCUT2D eigenvalue weighted by Crippen LogP contribution is -2.01. The Labute approximate surface area is 178 Å². The molecule has 8 heteroatoms. The third-order valence-electron chi connectivity index (χ3n) is 4.72. The first-order chi connectivity index (χ1) is 14.8. The van der Waals surface area contributed by atoms with Gasteiger partial charge in [-0.05, 0) is 18.2 Å². The molecule has 0 saturated heterocycles. The molecule has 4 rings (SSSR count). The molecule has 0 unspecified atom stereocenters. The van der Waals surface area contributed by atoms with Crippen molar-refractivity contribution in [3.05, 3.63) is 96.1 Å². The van der Waals surface area contributed by atoms with Gasteiger partial charge < -0.3 is 5.73 Å². The fraction of sp³-hybridized carbons (Fsp3) is 0. The van der Waals surface area contributed by atoms with Crippen molar-refractivity contribution >= 4 is 43.7 Å². The molecular weight excluding hydrogens is 414 g/mol. The molecule has 4 aromatic rings.